The largest absolute Gasteiger partial charge is 0.282 e. The van der Waals surface area contributed by atoms with Crippen LogP contribution in [0.4, 0.5) is 0 Å². The van der Waals surface area contributed by atoms with Crippen LogP contribution in [-0.2, 0) is 6.42 Å². The third kappa shape index (κ3) is 1.77. The topological polar surface area (TPSA) is 28.7 Å². The zero-order chi connectivity index (χ0) is 9.10. The predicted molar refractivity (Wildman–Crippen MR) is 53.8 cm³/mol. The Morgan fingerprint density at radius 2 is 2.38 bits per heavy atom. The van der Waals surface area contributed by atoms with Crippen LogP contribution in [0, 0.1) is 0 Å². The van der Waals surface area contributed by atoms with E-state index in [0.29, 0.717) is 0 Å². The molecule has 0 amide bonds. The number of unbranched alkanes of at least 4 members (excludes halogenated alkanes) is 1. The van der Waals surface area contributed by atoms with Crippen LogP contribution in [0.2, 0.25) is 0 Å². The summed E-state index contributed by atoms with van der Waals surface area (Å²) < 4.78 is 0. The van der Waals surface area contributed by atoms with E-state index in [4.69, 9.17) is 0 Å². The Bertz CT molecular complexity index is 261. The van der Waals surface area contributed by atoms with Crippen LogP contribution in [0.3, 0.4) is 0 Å². The molecule has 1 N–H and O–H groups in total. The van der Waals surface area contributed by atoms with Gasteiger partial charge >= 0.3 is 0 Å². The van der Waals surface area contributed by atoms with E-state index in [1.807, 2.05) is 6.20 Å². The summed E-state index contributed by atoms with van der Waals surface area (Å²) in [5, 5.41) is 7.32. The van der Waals surface area contributed by atoms with E-state index in [2.05, 4.69) is 17.1 Å². The predicted octanol–water partition coefficient (Wildman–Crippen LogP) is 3.02. The van der Waals surface area contributed by atoms with Crippen LogP contribution >= 0.6 is 0 Å². The summed E-state index contributed by atoms with van der Waals surface area (Å²) in [7, 11) is 0. The highest BCUT2D eigenvalue weighted by molar-refractivity contribution is 5.22. The third-order valence-electron chi connectivity index (χ3n) is 3.06. The first kappa shape index (κ1) is 8.79. The highest BCUT2D eigenvalue weighted by atomic mass is 15.1. The number of nitrogens with one attached hydrogen (secondary N) is 1. The van der Waals surface area contributed by atoms with Gasteiger partial charge in [0.1, 0.15) is 0 Å². The Balaban J connectivity index is 2.02. The average Bonchev–Trinajstić information content (AvgIpc) is 2.46. The first-order chi connectivity index (χ1) is 6.42. The minimum Gasteiger partial charge on any atom is -0.282 e. The fourth-order valence-electron chi connectivity index (χ4n) is 1.94. The minimum absolute atomic E-state index is 0.800. The monoisotopic (exact) mass is 178 g/mol. The maximum Gasteiger partial charge on any atom is 0.0522 e. The Kier molecular flexibility index (Phi) is 2.67. The number of H-pyrrole nitrogens is 1. The van der Waals surface area contributed by atoms with E-state index in [1.54, 1.807) is 0 Å². The summed E-state index contributed by atoms with van der Waals surface area (Å²) >= 11 is 0. The van der Waals surface area contributed by atoms with Crippen molar-refractivity contribution in [3.8, 4) is 0 Å². The number of aryl methyl sites for hydroxylation is 1. The van der Waals surface area contributed by atoms with Crippen molar-refractivity contribution in [3.63, 3.8) is 0 Å². The van der Waals surface area contributed by atoms with Crippen molar-refractivity contribution < 1.29 is 0 Å². The Hall–Kier alpha value is -0.790. The summed E-state index contributed by atoms with van der Waals surface area (Å²) in [6.07, 6.45) is 9.91. The average molecular weight is 178 g/mol. The van der Waals surface area contributed by atoms with Gasteiger partial charge < -0.3 is 0 Å². The smallest absolute Gasteiger partial charge is 0.0522 e. The van der Waals surface area contributed by atoms with E-state index in [9.17, 15) is 0 Å². The lowest BCUT2D eigenvalue weighted by molar-refractivity contribution is 0.408. The molecular weight excluding hydrogens is 160 g/mol. The van der Waals surface area contributed by atoms with Crippen LogP contribution in [0.15, 0.2) is 6.20 Å². The maximum absolute atomic E-state index is 4.15. The number of aromatic nitrogens is 2. The van der Waals surface area contributed by atoms with E-state index in [0.717, 1.165) is 5.92 Å². The molecule has 1 aromatic rings. The van der Waals surface area contributed by atoms with Gasteiger partial charge in [0.05, 0.1) is 6.20 Å². The van der Waals surface area contributed by atoms with Crippen molar-refractivity contribution in [2.45, 2.75) is 51.4 Å². The summed E-state index contributed by atoms with van der Waals surface area (Å²) in [5.74, 6) is 0.800. The number of rotatable bonds is 4. The molecule has 0 aliphatic heterocycles. The molecule has 0 spiro atoms. The molecule has 1 heterocycles. The quantitative estimate of drug-likeness (QED) is 0.754. The lowest BCUT2D eigenvalue weighted by Gasteiger charge is -2.25. The molecule has 1 aliphatic carbocycles. The van der Waals surface area contributed by atoms with E-state index in [-0.39, 0.29) is 0 Å². The van der Waals surface area contributed by atoms with Gasteiger partial charge in [0.25, 0.3) is 0 Å². The van der Waals surface area contributed by atoms with Gasteiger partial charge in [-0.3, -0.25) is 5.10 Å². The van der Waals surface area contributed by atoms with Crippen molar-refractivity contribution in [2.75, 3.05) is 0 Å². The van der Waals surface area contributed by atoms with E-state index in [1.165, 1.54) is 49.8 Å². The normalized spacial score (nSPS) is 17.3. The molecule has 13 heavy (non-hydrogen) atoms. The zero-order valence-corrected chi connectivity index (χ0v) is 8.34. The molecule has 0 unspecified atom stereocenters. The Morgan fingerprint density at radius 3 is 3.00 bits per heavy atom. The standard InChI is InChI=1S/C11H18N2/c1-2-3-5-10-8-12-13-11(10)9-6-4-7-9/h8-9H,2-7H2,1H3,(H,12,13). The van der Waals surface area contributed by atoms with E-state index >= 15 is 0 Å². The van der Waals surface area contributed by atoms with Crippen LogP contribution in [0.1, 0.15) is 56.2 Å². The number of hydrogen-bond acceptors (Lipinski definition) is 1. The van der Waals surface area contributed by atoms with Crippen molar-refractivity contribution in [2.24, 2.45) is 0 Å². The lowest BCUT2D eigenvalue weighted by atomic mass is 9.81. The summed E-state index contributed by atoms with van der Waals surface area (Å²) in [6, 6.07) is 0. The van der Waals surface area contributed by atoms with Crippen molar-refractivity contribution in [1.82, 2.24) is 10.2 Å². The first-order valence-corrected chi connectivity index (χ1v) is 5.44. The van der Waals surface area contributed by atoms with Gasteiger partial charge in [-0.1, -0.05) is 19.8 Å². The number of aromatic amines is 1. The second kappa shape index (κ2) is 3.95. The second-order valence-electron chi connectivity index (χ2n) is 4.04. The molecule has 1 saturated carbocycles. The minimum atomic E-state index is 0.800. The summed E-state index contributed by atoms with van der Waals surface area (Å²) in [4.78, 5) is 0. The lowest BCUT2D eigenvalue weighted by Crippen LogP contribution is -2.11. The van der Waals surface area contributed by atoms with Gasteiger partial charge in [-0.25, -0.2) is 0 Å². The summed E-state index contributed by atoms with van der Waals surface area (Å²) in [6.45, 7) is 2.24. The maximum atomic E-state index is 4.15. The molecule has 2 rings (SSSR count). The zero-order valence-electron chi connectivity index (χ0n) is 8.34. The number of hydrogen-bond donors (Lipinski definition) is 1. The third-order valence-corrected chi connectivity index (χ3v) is 3.06. The van der Waals surface area contributed by atoms with E-state index < -0.39 is 0 Å². The molecule has 0 aromatic carbocycles. The van der Waals surface area contributed by atoms with Crippen molar-refractivity contribution >= 4 is 0 Å². The summed E-state index contributed by atoms with van der Waals surface area (Å²) in [5.41, 5.74) is 2.89. The Labute approximate surface area is 79.7 Å². The molecule has 0 atom stereocenters. The fraction of sp³-hybridized carbons (Fsp3) is 0.727. The highest BCUT2D eigenvalue weighted by Gasteiger charge is 2.23. The highest BCUT2D eigenvalue weighted by Crippen LogP contribution is 2.36. The van der Waals surface area contributed by atoms with Gasteiger partial charge in [-0.05, 0) is 31.2 Å². The van der Waals surface area contributed by atoms with Gasteiger partial charge in [0.2, 0.25) is 0 Å². The molecule has 0 radical (unpaired) electrons. The van der Waals surface area contributed by atoms with Gasteiger partial charge in [-0.2, -0.15) is 5.10 Å². The molecule has 1 aliphatic rings. The molecule has 0 bridgehead atoms. The fourth-order valence-corrected chi connectivity index (χ4v) is 1.94. The van der Waals surface area contributed by atoms with Crippen molar-refractivity contribution in [3.05, 3.63) is 17.5 Å². The van der Waals surface area contributed by atoms with Gasteiger partial charge in [-0.15, -0.1) is 0 Å². The molecular formula is C11H18N2. The van der Waals surface area contributed by atoms with Crippen LogP contribution in [0.5, 0.6) is 0 Å². The molecule has 1 fully saturated rings. The van der Waals surface area contributed by atoms with Crippen LogP contribution < -0.4 is 0 Å². The van der Waals surface area contributed by atoms with Crippen LogP contribution in [0.25, 0.3) is 0 Å². The molecule has 2 nitrogen and oxygen atoms in total. The molecule has 0 saturated heterocycles. The molecule has 72 valence electrons. The number of nitrogens with zero attached hydrogens (tertiary/aromatic N) is 1. The Morgan fingerprint density at radius 1 is 1.54 bits per heavy atom. The van der Waals surface area contributed by atoms with Crippen LogP contribution in [-0.4, -0.2) is 10.2 Å². The molecule has 2 heteroatoms. The SMILES string of the molecule is CCCCc1cn[nH]c1C1CCC1. The molecule has 1 aromatic heterocycles. The first-order valence-electron chi connectivity index (χ1n) is 5.44. The second-order valence-corrected chi connectivity index (χ2v) is 4.04. The van der Waals surface area contributed by atoms with Gasteiger partial charge in [0.15, 0.2) is 0 Å². The van der Waals surface area contributed by atoms with Gasteiger partial charge in [0, 0.05) is 11.6 Å². The van der Waals surface area contributed by atoms with Crippen molar-refractivity contribution in [1.29, 1.82) is 0 Å².